The maximum atomic E-state index is 8.40. The monoisotopic (exact) mass is 189 g/mol. The summed E-state index contributed by atoms with van der Waals surface area (Å²) < 4.78 is 4.80. The second kappa shape index (κ2) is 4.66. The fourth-order valence-corrected chi connectivity index (χ4v) is 1.28. The summed E-state index contributed by atoms with van der Waals surface area (Å²) in [7, 11) is 0. The van der Waals surface area contributed by atoms with E-state index in [-0.39, 0.29) is 5.41 Å². The summed E-state index contributed by atoms with van der Waals surface area (Å²) >= 11 is 0. The van der Waals surface area contributed by atoms with E-state index >= 15 is 0 Å². The Labute approximate surface area is 85.2 Å². The zero-order valence-electron chi connectivity index (χ0n) is 8.66. The molecule has 1 aliphatic carbocycles. The van der Waals surface area contributed by atoms with Crippen LogP contribution in [0.5, 0.6) is 0 Å². The number of ether oxygens (including phenoxy) is 1. The molecular weight excluding hydrogens is 174 g/mol. The summed E-state index contributed by atoms with van der Waals surface area (Å²) in [5.41, 5.74) is 0.0817. The van der Waals surface area contributed by atoms with Crippen molar-refractivity contribution in [2.24, 2.45) is 5.41 Å². The molecule has 14 heavy (non-hydrogen) atoms. The summed E-state index contributed by atoms with van der Waals surface area (Å²) in [5, 5.41) is 8.40. The van der Waals surface area contributed by atoms with Gasteiger partial charge in [-0.25, -0.2) is 0 Å². The lowest BCUT2D eigenvalue weighted by atomic mass is 9.85. The van der Waals surface area contributed by atoms with Crippen LogP contribution in [0.2, 0.25) is 0 Å². The van der Waals surface area contributed by atoms with Gasteiger partial charge in [-0.2, -0.15) is 0 Å². The smallest absolute Gasteiger partial charge is 0.292 e. The van der Waals surface area contributed by atoms with Crippen molar-refractivity contribution in [3.05, 3.63) is 36.1 Å². The van der Waals surface area contributed by atoms with Crippen molar-refractivity contribution in [3.63, 3.8) is 0 Å². The van der Waals surface area contributed by atoms with Gasteiger partial charge in [-0.3, -0.25) is 0 Å². The Morgan fingerprint density at radius 3 is 3.00 bits per heavy atom. The van der Waals surface area contributed by atoms with Gasteiger partial charge in [-0.15, -0.1) is 5.26 Å². The topological polar surface area (TPSA) is 33.0 Å². The standard InChI is InChI=1S/C12H15NO/c1-3-12(2)8-5-4-6-11(7-9-12)14-10-13/h5-9H,3-4H2,1-2H3/b8-5-,9-7-,11-6+. The normalized spacial score (nSPS) is 34.2. The van der Waals surface area contributed by atoms with E-state index in [0.29, 0.717) is 5.76 Å². The largest absolute Gasteiger partial charge is 0.388 e. The Morgan fingerprint density at radius 2 is 2.36 bits per heavy atom. The lowest BCUT2D eigenvalue weighted by molar-refractivity contribution is 0.388. The molecule has 0 aromatic rings. The minimum absolute atomic E-state index is 0.0817. The van der Waals surface area contributed by atoms with E-state index in [4.69, 9.17) is 10.00 Å². The molecule has 2 nitrogen and oxygen atoms in total. The lowest BCUT2D eigenvalue weighted by Gasteiger charge is -2.20. The van der Waals surface area contributed by atoms with E-state index in [1.807, 2.05) is 12.2 Å². The molecule has 0 amide bonds. The van der Waals surface area contributed by atoms with E-state index in [1.54, 1.807) is 6.26 Å². The SMILES string of the molecule is CCC1(C)/C=C\C/C=C(OC#N)\C=C/1. The minimum atomic E-state index is 0.0817. The van der Waals surface area contributed by atoms with Gasteiger partial charge in [-0.05, 0) is 25.0 Å². The zero-order valence-corrected chi connectivity index (χ0v) is 8.66. The van der Waals surface area contributed by atoms with Crippen molar-refractivity contribution >= 4 is 0 Å². The van der Waals surface area contributed by atoms with Crippen LogP contribution in [0.4, 0.5) is 0 Å². The third-order valence-corrected chi connectivity index (χ3v) is 2.51. The van der Waals surface area contributed by atoms with Crippen LogP contribution in [0.15, 0.2) is 36.1 Å². The molecule has 0 aromatic carbocycles. The molecule has 2 heteroatoms. The van der Waals surface area contributed by atoms with Gasteiger partial charge in [0.2, 0.25) is 0 Å². The van der Waals surface area contributed by atoms with Gasteiger partial charge >= 0.3 is 0 Å². The molecule has 0 fully saturated rings. The highest BCUT2D eigenvalue weighted by atomic mass is 16.5. The number of nitrogens with zero attached hydrogens (tertiary/aromatic N) is 1. The van der Waals surface area contributed by atoms with Gasteiger partial charge in [0.25, 0.3) is 6.26 Å². The van der Waals surface area contributed by atoms with Gasteiger partial charge < -0.3 is 4.74 Å². The predicted octanol–water partition coefficient (Wildman–Crippen LogP) is 3.30. The summed E-state index contributed by atoms with van der Waals surface area (Å²) in [6.07, 6.45) is 13.7. The molecule has 0 saturated carbocycles. The quantitative estimate of drug-likeness (QED) is 0.493. The average Bonchev–Trinajstić information content (AvgIpc) is 2.18. The molecular formula is C12H15NO. The van der Waals surface area contributed by atoms with Crippen LogP contribution in [0.3, 0.4) is 0 Å². The average molecular weight is 189 g/mol. The van der Waals surface area contributed by atoms with Gasteiger partial charge in [0.15, 0.2) is 0 Å². The van der Waals surface area contributed by atoms with Crippen LogP contribution in [-0.4, -0.2) is 0 Å². The molecule has 74 valence electrons. The van der Waals surface area contributed by atoms with Crippen LogP contribution < -0.4 is 0 Å². The zero-order chi connectivity index (χ0) is 10.4. The van der Waals surface area contributed by atoms with Gasteiger partial charge in [0.1, 0.15) is 5.76 Å². The molecule has 1 aliphatic rings. The fraction of sp³-hybridized carbons (Fsp3) is 0.417. The van der Waals surface area contributed by atoms with Crippen molar-refractivity contribution in [1.29, 1.82) is 5.26 Å². The summed E-state index contributed by atoms with van der Waals surface area (Å²) in [6.45, 7) is 4.31. The molecule has 0 saturated heterocycles. The van der Waals surface area contributed by atoms with Crippen LogP contribution in [0.25, 0.3) is 0 Å². The Kier molecular flexibility index (Phi) is 3.53. The molecule has 1 rings (SSSR count). The van der Waals surface area contributed by atoms with Gasteiger partial charge in [0.05, 0.1) is 0 Å². The summed E-state index contributed by atoms with van der Waals surface area (Å²) in [5.74, 6) is 0.636. The summed E-state index contributed by atoms with van der Waals surface area (Å²) in [6, 6.07) is 0. The van der Waals surface area contributed by atoms with Crippen molar-refractivity contribution in [1.82, 2.24) is 0 Å². The van der Waals surface area contributed by atoms with Crippen molar-refractivity contribution < 1.29 is 4.74 Å². The highest BCUT2D eigenvalue weighted by Gasteiger charge is 2.14. The second-order valence-corrected chi connectivity index (χ2v) is 3.63. The first kappa shape index (κ1) is 10.6. The summed E-state index contributed by atoms with van der Waals surface area (Å²) in [4.78, 5) is 0. The first-order valence-corrected chi connectivity index (χ1v) is 4.83. The molecule has 0 bridgehead atoms. The molecule has 0 N–H and O–H groups in total. The highest BCUT2D eigenvalue weighted by Crippen LogP contribution is 2.27. The van der Waals surface area contributed by atoms with Crippen molar-refractivity contribution in [3.8, 4) is 6.26 Å². The third-order valence-electron chi connectivity index (χ3n) is 2.51. The number of rotatable bonds is 2. The Hall–Kier alpha value is -1.49. The van der Waals surface area contributed by atoms with Crippen LogP contribution in [0.1, 0.15) is 26.7 Å². The van der Waals surface area contributed by atoms with Crippen LogP contribution in [0, 0.1) is 16.9 Å². The second-order valence-electron chi connectivity index (χ2n) is 3.63. The number of allylic oxidation sites excluding steroid dienone is 5. The Balaban J connectivity index is 2.85. The van der Waals surface area contributed by atoms with Crippen LogP contribution >= 0.6 is 0 Å². The van der Waals surface area contributed by atoms with Gasteiger partial charge in [-0.1, -0.05) is 32.1 Å². The van der Waals surface area contributed by atoms with E-state index in [9.17, 15) is 0 Å². The highest BCUT2D eigenvalue weighted by molar-refractivity contribution is 5.23. The van der Waals surface area contributed by atoms with Gasteiger partial charge in [0, 0.05) is 5.41 Å². The number of hydrogen-bond donors (Lipinski definition) is 0. The third kappa shape index (κ3) is 2.77. The minimum Gasteiger partial charge on any atom is -0.388 e. The number of hydrogen-bond acceptors (Lipinski definition) is 2. The number of nitriles is 1. The Morgan fingerprint density at radius 1 is 1.57 bits per heavy atom. The molecule has 0 radical (unpaired) electrons. The van der Waals surface area contributed by atoms with E-state index in [0.717, 1.165) is 12.8 Å². The predicted molar refractivity (Wildman–Crippen MR) is 56.1 cm³/mol. The molecule has 0 aliphatic heterocycles. The van der Waals surface area contributed by atoms with E-state index < -0.39 is 0 Å². The first-order valence-electron chi connectivity index (χ1n) is 4.83. The van der Waals surface area contributed by atoms with Crippen LogP contribution in [-0.2, 0) is 4.74 Å². The van der Waals surface area contributed by atoms with E-state index in [2.05, 4.69) is 32.1 Å². The van der Waals surface area contributed by atoms with E-state index in [1.165, 1.54) is 0 Å². The molecule has 0 spiro atoms. The fourth-order valence-electron chi connectivity index (χ4n) is 1.28. The first-order chi connectivity index (χ1) is 6.70. The maximum Gasteiger partial charge on any atom is 0.292 e. The molecule has 1 atom stereocenters. The molecule has 0 heterocycles. The van der Waals surface area contributed by atoms with Crippen molar-refractivity contribution in [2.45, 2.75) is 26.7 Å². The Bertz CT molecular complexity index is 320. The van der Waals surface area contributed by atoms with Crippen molar-refractivity contribution in [2.75, 3.05) is 0 Å². The maximum absolute atomic E-state index is 8.40. The molecule has 1 unspecified atom stereocenters. The molecule has 0 aromatic heterocycles. The lowest BCUT2D eigenvalue weighted by Crippen LogP contribution is -2.08.